The van der Waals surface area contributed by atoms with Crippen LogP contribution in [0.5, 0.6) is 0 Å². The lowest BCUT2D eigenvalue weighted by Gasteiger charge is -2.28. The number of fused-ring (bicyclic) bond motifs is 1. The Kier molecular flexibility index (Phi) is 5.15. The fraction of sp³-hybridized carbons (Fsp3) is 0.300. The van der Waals surface area contributed by atoms with E-state index in [0.717, 1.165) is 30.2 Å². The Balaban J connectivity index is 1.43. The standard InChI is InChI=1S/C20H23N5O2S/c21-28(27,25-11-2-1-3-12-25)17-9-7-15(8-10-17)13-22-20(26)18-6-4-5-16-14-23-24-19(16)18/h4-10,14,21H,1-3,11-13H2,(H,22,26)(H,23,24). The largest absolute Gasteiger partial charge is 0.348 e. The first kappa shape index (κ1) is 18.6. The van der Waals surface area contributed by atoms with Crippen molar-refractivity contribution in [2.75, 3.05) is 13.1 Å². The molecule has 4 rings (SSSR count). The van der Waals surface area contributed by atoms with Gasteiger partial charge >= 0.3 is 0 Å². The van der Waals surface area contributed by atoms with Crippen molar-refractivity contribution in [3.63, 3.8) is 0 Å². The molecule has 1 saturated heterocycles. The molecule has 3 N–H and O–H groups in total. The van der Waals surface area contributed by atoms with Gasteiger partial charge in [-0.3, -0.25) is 9.89 Å². The molecule has 0 spiro atoms. The van der Waals surface area contributed by atoms with Crippen LogP contribution in [-0.2, 0) is 16.5 Å². The Morgan fingerprint density at radius 3 is 2.64 bits per heavy atom. The summed E-state index contributed by atoms with van der Waals surface area (Å²) in [6.45, 7) is 1.77. The molecule has 28 heavy (non-hydrogen) atoms. The summed E-state index contributed by atoms with van der Waals surface area (Å²) in [4.78, 5) is 13.0. The van der Waals surface area contributed by atoms with Crippen LogP contribution in [0.15, 0.2) is 53.6 Å². The number of para-hydroxylation sites is 1. The van der Waals surface area contributed by atoms with Crippen LogP contribution >= 0.6 is 0 Å². The van der Waals surface area contributed by atoms with Crippen LogP contribution in [0.1, 0.15) is 35.2 Å². The van der Waals surface area contributed by atoms with Crippen molar-refractivity contribution in [3.8, 4) is 0 Å². The van der Waals surface area contributed by atoms with E-state index in [1.54, 1.807) is 28.7 Å². The van der Waals surface area contributed by atoms with Crippen molar-refractivity contribution in [2.45, 2.75) is 30.7 Å². The van der Waals surface area contributed by atoms with Crippen LogP contribution in [0, 0.1) is 4.78 Å². The summed E-state index contributed by atoms with van der Waals surface area (Å²) in [5.41, 5.74) is 2.15. The Hall–Kier alpha value is -2.71. The number of nitrogens with one attached hydrogen (secondary N) is 3. The van der Waals surface area contributed by atoms with Gasteiger partial charge in [-0.1, -0.05) is 30.7 Å². The molecule has 1 unspecified atom stereocenters. The quantitative estimate of drug-likeness (QED) is 0.615. The fourth-order valence-corrected chi connectivity index (χ4v) is 5.07. The summed E-state index contributed by atoms with van der Waals surface area (Å²) in [5.74, 6) is -0.184. The number of benzene rings is 2. The smallest absolute Gasteiger partial charge is 0.253 e. The van der Waals surface area contributed by atoms with Crippen molar-refractivity contribution in [1.29, 1.82) is 4.78 Å². The van der Waals surface area contributed by atoms with Gasteiger partial charge in [0.25, 0.3) is 5.91 Å². The van der Waals surface area contributed by atoms with Crippen LogP contribution in [-0.4, -0.2) is 37.7 Å². The SMILES string of the molecule is N=S(=O)(c1ccc(CNC(=O)c2cccc3cn[nH]c23)cc1)N1CCCCC1. The molecule has 1 amide bonds. The topological polar surface area (TPSA) is 102 Å². The molecule has 7 nitrogen and oxygen atoms in total. The van der Waals surface area contributed by atoms with Gasteiger partial charge in [0, 0.05) is 25.0 Å². The van der Waals surface area contributed by atoms with Crippen LogP contribution < -0.4 is 5.32 Å². The maximum absolute atomic E-state index is 12.9. The van der Waals surface area contributed by atoms with Crippen LogP contribution in [0.2, 0.25) is 0 Å². The van der Waals surface area contributed by atoms with Gasteiger partial charge in [0.1, 0.15) is 9.92 Å². The predicted molar refractivity (Wildman–Crippen MR) is 108 cm³/mol. The summed E-state index contributed by atoms with van der Waals surface area (Å²) in [7, 11) is -2.94. The number of piperidine rings is 1. The van der Waals surface area contributed by atoms with E-state index < -0.39 is 9.92 Å². The maximum Gasteiger partial charge on any atom is 0.253 e. The molecular weight excluding hydrogens is 374 g/mol. The van der Waals surface area contributed by atoms with Gasteiger partial charge in [0.05, 0.1) is 22.2 Å². The van der Waals surface area contributed by atoms with Crippen molar-refractivity contribution in [2.24, 2.45) is 0 Å². The van der Waals surface area contributed by atoms with Crippen LogP contribution in [0.4, 0.5) is 0 Å². The number of carbonyl (C=O) groups excluding carboxylic acids is 1. The summed E-state index contributed by atoms with van der Waals surface area (Å²) < 4.78 is 23.0. The van der Waals surface area contributed by atoms with Gasteiger partial charge in [-0.2, -0.15) is 5.10 Å². The predicted octanol–water partition coefficient (Wildman–Crippen LogP) is 3.30. The van der Waals surface area contributed by atoms with E-state index in [0.29, 0.717) is 35.6 Å². The normalized spacial score (nSPS) is 17.3. The minimum Gasteiger partial charge on any atom is -0.348 e. The second kappa shape index (κ2) is 7.73. The number of nitrogens with zero attached hydrogens (tertiary/aromatic N) is 2. The van der Waals surface area contributed by atoms with Crippen molar-refractivity contribution in [1.82, 2.24) is 19.8 Å². The van der Waals surface area contributed by atoms with Gasteiger partial charge in [0.2, 0.25) is 0 Å². The van der Waals surface area contributed by atoms with Gasteiger partial charge < -0.3 is 5.32 Å². The molecule has 0 aliphatic carbocycles. The van der Waals surface area contributed by atoms with E-state index in [-0.39, 0.29) is 5.91 Å². The monoisotopic (exact) mass is 397 g/mol. The van der Waals surface area contributed by atoms with E-state index in [4.69, 9.17) is 4.78 Å². The van der Waals surface area contributed by atoms with Crippen LogP contribution in [0.3, 0.4) is 0 Å². The highest BCUT2D eigenvalue weighted by atomic mass is 32.2. The number of hydrogen-bond donors (Lipinski definition) is 3. The van der Waals surface area contributed by atoms with Gasteiger partial charge in [-0.05, 0) is 36.6 Å². The molecule has 1 aromatic heterocycles. The molecule has 0 radical (unpaired) electrons. The second-order valence-corrected chi connectivity index (χ2v) is 9.02. The molecule has 8 heteroatoms. The Morgan fingerprint density at radius 1 is 1.14 bits per heavy atom. The van der Waals surface area contributed by atoms with E-state index in [9.17, 15) is 9.00 Å². The molecular formula is C20H23N5O2S. The summed E-state index contributed by atoms with van der Waals surface area (Å²) in [6, 6.07) is 12.6. The van der Waals surface area contributed by atoms with E-state index >= 15 is 0 Å². The lowest BCUT2D eigenvalue weighted by atomic mass is 10.1. The zero-order valence-corrected chi connectivity index (χ0v) is 16.3. The van der Waals surface area contributed by atoms with E-state index in [1.807, 2.05) is 24.3 Å². The molecule has 2 heterocycles. The lowest BCUT2D eigenvalue weighted by molar-refractivity contribution is 0.0952. The number of carbonyl (C=O) groups is 1. The zero-order chi connectivity index (χ0) is 19.6. The first-order chi connectivity index (χ1) is 13.6. The van der Waals surface area contributed by atoms with E-state index in [2.05, 4.69) is 15.5 Å². The third-order valence-corrected chi connectivity index (χ3v) is 7.10. The highest BCUT2D eigenvalue weighted by Gasteiger charge is 2.22. The molecule has 3 aromatic rings. The average Bonchev–Trinajstić information content (AvgIpc) is 3.22. The summed E-state index contributed by atoms with van der Waals surface area (Å²) in [6.07, 6.45) is 4.80. The highest BCUT2D eigenvalue weighted by molar-refractivity contribution is 7.90. The van der Waals surface area contributed by atoms with Gasteiger partial charge in [-0.15, -0.1) is 0 Å². The summed E-state index contributed by atoms with van der Waals surface area (Å²) in [5, 5.41) is 10.6. The third kappa shape index (κ3) is 3.65. The van der Waals surface area contributed by atoms with Crippen molar-refractivity contribution >= 4 is 26.7 Å². The highest BCUT2D eigenvalue weighted by Crippen LogP contribution is 2.21. The maximum atomic E-state index is 12.9. The van der Waals surface area contributed by atoms with Crippen molar-refractivity contribution in [3.05, 3.63) is 59.8 Å². The molecule has 1 fully saturated rings. The first-order valence-corrected chi connectivity index (χ1v) is 10.9. The second-order valence-electron chi connectivity index (χ2n) is 6.98. The van der Waals surface area contributed by atoms with Gasteiger partial charge in [-0.25, -0.2) is 13.3 Å². The molecule has 146 valence electrons. The Morgan fingerprint density at radius 2 is 1.89 bits per heavy atom. The first-order valence-electron chi connectivity index (χ1n) is 9.39. The Bertz CT molecular complexity index is 1080. The number of amides is 1. The number of rotatable bonds is 5. The lowest BCUT2D eigenvalue weighted by Crippen LogP contribution is -2.34. The minimum absolute atomic E-state index is 0.184. The number of H-pyrrole nitrogens is 1. The van der Waals surface area contributed by atoms with Gasteiger partial charge in [0.15, 0.2) is 0 Å². The third-order valence-electron chi connectivity index (χ3n) is 5.10. The van der Waals surface area contributed by atoms with Crippen LogP contribution in [0.25, 0.3) is 10.9 Å². The minimum atomic E-state index is -2.94. The Labute approximate surface area is 164 Å². The molecule has 0 saturated carbocycles. The molecule has 2 aromatic carbocycles. The number of hydrogen-bond acceptors (Lipinski definition) is 4. The molecule has 1 atom stereocenters. The average molecular weight is 398 g/mol. The summed E-state index contributed by atoms with van der Waals surface area (Å²) >= 11 is 0. The molecule has 1 aliphatic heterocycles. The fourth-order valence-electron chi connectivity index (χ4n) is 3.50. The molecule has 0 bridgehead atoms. The number of aromatic nitrogens is 2. The molecule has 1 aliphatic rings. The van der Waals surface area contributed by atoms with Crippen molar-refractivity contribution < 1.29 is 9.00 Å². The van der Waals surface area contributed by atoms with E-state index in [1.165, 1.54) is 0 Å². The number of aromatic amines is 1. The zero-order valence-electron chi connectivity index (χ0n) is 15.5.